The van der Waals surface area contributed by atoms with Crippen molar-refractivity contribution in [3.05, 3.63) is 101 Å². The number of hydrogen-bond donors (Lipinski definition) is 0. The molecule has 3 aromatic carbocycles. The minimum absolute atomic E-state index is 0.241. The van der Waals surface area contributed by atoms with Crippen LogP contribution >= 0.6 is 0 Å². The fourth-order valence-electron chi connectivity index (χ4n) is 5.22. The molecule has 0 radical (unpaired) electrons. The van der Waals surface area contributed by atoms with Crippen LogP contribution in [0.5, 0.6) is 0 Å². The zero-order chi connectivity index (χ0) is 19.8. The molecule has 2 heteroatoms. The topological polar surface area (TPSA) is 20.3 Å². The Labute approximate surface area is 173 Å². The Morgan fingerprint density at radius 3 is 1.76 bits per heavy atom. The molecule has 29 heavy (non-hydrogen) atoms. The van der Waals surface area contributed by atoms with Crippen LogP contribution in [0.3, 0.4) is 0 Å². The summed E-state index contributed by atoms with van der Waals surface area (Å²) in [4.78, 5) is 15.3. The van der Waals surface area contributed by atoms with E-state index in [0.717, 1.165) is 31.5 Å². The van der Waals surface area contributed by atoms with Gasteiger partial charge in [0.05, 0.1) is 0 Å². The average molecular weight is 382 g/mol. The second-order valence-electron chi connectivity index (χ2n) is 8.27. The fourth-order valence-corrected chi connectivity index (χ4v) is 5.22. The summed E-state index contributed by atoms with van der Waals surface area (Å²) in [6, 6.07) is 26.0. The molecule has 0 spiro atoms. The standard InChI is InChI=1S/C27H27NO/c1-2-26(29)21-17-24-22(19-9-5-3-6-10-19)13-15-28-16-14-23(25(18-21)27(24)28)20-11-7-4-8-12-20/h3-12,17-18,22-23H,2,13-16H2,1H3. The highest BCUT2D eigenvalue weighted by Gasteiger charge is 2.35. The molecule has 2 nitrogen and oxygen atoms in total. The van der Waals surface area contributed by atoms with Gasteiger partial charge in [0.1, 0.15) is 0 Å². The van der Waals surface area contributed by atoms with Crippen molar-refractivity contribution in [3.8, 4) is 0 Å². The third-order valence-corrected chi connectivity index (χ3v) is 6.66. The minimum Gasteiger partial charge on any atom is -0.371 e. The fraction of sp³-hybridized carbons (Fsp3) is 0.296. The molecular weight excluding hydrogens is 354 g/mol. The maximum Gasteiger partial charge on any atom is 0.162 e. The number of Topliss-reactive ketones (excluding diaryl/α,β-unsaturated/α-hetero) is 1. The van der Waals surface area contributed by atoms with E-state index >= 15 is 0 Å². The molecule has 146 valence electrons. The lowest BCUT2D eigenvalue weighted by atomic mass is 9.75. The molecule has 0 aromatic heterocycles. The molecular formula is C27H27NO. The van der Waals surface area contributed by atoms with E-state index in [1.165, 1.54) is 27.9 Å². The van der Waals surface area contributed by atoms with Crippen LogP contribution in [0.1, 0.15) is 70.6 Å². The molecule has 5 rings (SSSR count). The zero-order valence-corrected chi connectivity index (χ0v) is 17.0. The van der Waals surface area contributed by atoms with Crippen molar-refractivity contribution in [2.24, 2.45) is 0 Å². The van der Waals surface area contributed by atoms with Crippen LogP contribution in [0.2, 0.25) is 0 Å². The second kappa shape index (κ2) is 7.51. The first-order valence-corrected chi connectivity index (χ1v) is 10.8. The van der Waals surface area contributed by atoms with Gasteiger partial charge >= 0.3 is 0 Å². The van der Waals surface area contributed by atoms with E-state index in [1.54, 1.807) is 0 Å². The van der Waals surface area contributed by atoms with E-state index in [2.05, 4.69) is 77.7 Å². The number of hydrogen-bond acceptors (Lipinski definition) is 2. The lowest BCUT2D eigenvalue weighted by molar-refractivity contribution is 0.0988. The minimum atomic E-state index is 0.241. The van der Waals surface area contributed by atoms with Crippen molar-refractivity contribution >= 4 is 11.5 Å². The highest BCUT2D eigenvalue weighted by Crippen LogP contribution is 2.48. The predicted molar refractivity (Wildman–Crippen MR) is 119 cm³/mol. The zero-order valence-electron chi connectivity index (χ0n) is 17.0. The van der Waals surface area contributed by atoms with Crippen LogP contribution in [0, 0.1) is 0 Å². The van der Waals surface area contributed by atoms with Gasteiger partial charge in [0, 0.05) is 42.6 Å². The van der Waals surface area contributed by atoms with Crippen LogP contribution in [0.25, 0.3) is 0 Å². The van der Waals surface area contributed by atoms with Crippen molar-refractivity contribution in [1.82, 2.24) is 0 Å². The highest BCUT2D eigenvalue weighted by atomic mass is 16.1. The molecule has 2 aliphatic heterocycles. The first-order chi connectivity index (χ1) is 14.3. The van der Waals surface area contributed by atoms with Crippen molar-refractivity contribution in [2.75, 3.05) is 18.0 Å². The van der Waals surface area contributed by atoms with Gasteiger partial charge in [-0.1, -0.05) is 67.6 Å². The van der Waals surface area contributed by atoms with Gasteiger partial charge in [-0.2, -0.15) is 0 Å². The van der Waals surface area contributed by atoms with E-state index in [0.29, 0.717) is 18.3 Å². The van der Waals surface area contributed by atoms with Crippen molar-refractivity contribution in [2.45, 2.75) is 38.0 Å². The van der Waals surface area contributed by atoms with Gasteiger partial charge in [-0.05, 0) is 47.2 Å². The largest absolute Gasteiger partial charge is 0.371 e. The SMILES string of the molecule is CCC(=O)c1cc2c3c(c1)C(c1ccccc1)CCN3CCC2c1ccccc1. The van der Waals surface area contributed by atoms with Crippen molar-refractivity contribution < 1.29 is 4.79 Å². The normalized spacial score (nSPS) is 20.2. The molecule has 2 unspecified atom stereocenters. The average Bonchev–Trinajstić information content (AvgIpc) is 2.80. The van der Waals surface area contributed by atoms with Crippen LogP contribution in [-0.4, -0.2) is 18.9 Å². The monoisotopic (exact) mass is 381 g/mol. The smallest absolute Gasteiger partial charge is 0.162 e. The molecule has 0 bridgehead atoms. The van der Waals surface area contributed by atoms with E-state index in [4.69, 9.17) is 0 Å². The predicted octanol–water partition coefficient (Wildman–Crippen LogP) is 6.16. The van der Waals surface area contributed by atoms with Gasteiger partial charge in [0.2, 0.25) is 0 Å². The molecule has 0 saturated carbocycles. The Hall–Kier alpha value is -2.87. The highest BCUT2D eigenvalue weighted by molar-refractivity contribution is 5.97. The van der Waals surface area contributed by atoms with E-state index in [-0.39, 0.29) is 5.78 Å². The summed E-state index contributed by atoms with van der Waals surface area (Å²) in [7, 11) is 0. The molecule has 2 aliphatic rings. The van der Waals surface area contributed by atoms with Crippen molar-refractivity contribution in [1.29, 1.82) is 0 Å². The summed E-state index contributed by atoms with van der Waals surface area (Å²) in [6.45, 7) is 4.13. The number of nitrogens with zero attached hydrogens (tertiary/aromatic N) is 1. The van der Waals surface area contributed by atoms with E-state index < -0.39 is 0 Å². The van der Waals surface area contributed by atoms with Gasteiger partial charge in [-0.15, -0.1) is 0 Å². The molecule has 2 heterocycles. The number of ketones is 1. The summed E-state index contributed by atoms with van der Waals surface area (Å²) in [6.07, 6.45) is 2.76. The number of carbonyl (C=O) groups is 1. The number of rotatable bonds is 4. The third-order valence-electron chi connectivity index (χ3n) is 6.66. The Morgan fingerprint density at radius 2 is 1.31 bits per heavy atom. The summed E-state index contributed by atoms with van der Waals surface area (Å²) >= 11 is 0. The maximum atomic E-state index is 12.7. The number of benzene rings is 3. The lowest BCUT2D eigenvalue weighted by Crippen LogP contribution is -2.37. The summed E-state index contributed by atoms with van der Waals surface area (Å²) in [5, 5.41) is 0. The van der Waals surface area contributed by atoms with Gasteiger partial charge in [0.25, 0.3) is 0 Å². The number of anilines is 1. The third kappa shape index (κ3) is 3.17. The van der Waals surface area contributed by atoms with Crippen LogP contribution < -0.4 is 4.90 Å². The van der Waals surface area contributed by atoms with E-state index in [1.807, 2.05) is 6.92 Å². The quantitative estimate of drug-likeness (QED) is 0.505. The first kappa shape index (κ1) is 18.2. The Kier molecular flexibility index (Phi) is 4.71. The molecule has 0 saturated heterocycles. The lowest BCUT2D eigenvalue weighted by Gasteiger charge is -2.43. The summed E-state index contributed by atoms with van der Waals surface area (Å²) in [5.74, 6) is 0.964. The van der Waals surface area contributed by atoms with Crippen LogP contribution in [0.4, 0.5) is 5.69 Å². The molecule has 2 atom stereocenters. The summed E-state index contributed by atoms with van der Waals surface area (Å²) < 4.78 is 0. The molecule has 0 aliphatic carbocycles. The Morgan fingerprint density at radius 1 is 0.828 bits per heavy atom. The van der Waals surface area contributed by atoms with Gasteiger partial charge < -0.3 is 4.90 Å². The molecule has 0 N–H and O–H groups in total. The van der Waals surface area contributed by atoms with Crippen LogP contribution in [0.15, 0.2) is 72.8 Å². The molecule has 0 fully saturated rings. The second-order valence-corrected chi connectivity index (χ2v) is 8.27. The first-order valence-electron chi connectivity index (χ1n) is 10.8. The van der Waals surface area contributed by atoms with E-state index in [9.17, 15) is 4.79 Å². The number of carbonyl (C=O) groups excluding carboxylic acids is 1. The maximum absolute atomic E-state index is 12.7. The molecule has 0 amide bonds. The van der Waals surface area contributed by atoms with Gasteiger partial charge in [-0.25, -0.2) is 0 Å². The summed E-state index contributed by atoms with van der Waals surface area (Å²) in [5.41, 5.74) is 7.68. The Balaban J connectivity index is 1.72. The van der Waals surface area contributed by atoms with Crippen LogP contribution in [-0.2, 0) is 0 Å². The Bertz CT molecular complexity index is 952. The molecule has 3 aromatic rings. The van der Waals surface area contributed by atoms with Gasteiger partial charge in [0.15, 0.2) is 5.78 Å². The van der Waals surface area contributed by atoms with Gasteiger partial charge in [-0.3, -0.25) is 4.79 Å². The van der Waals surface area contributed by atoms with Crippen molar-refractivity contribution in [3.63, 3.8) is 0 Å².